The third-order valence-electron chi connectivity index (χ3n) is 2.78. The highest BCUT2D eigenvalue weighted by Crippen LogP contribution is 2.22. The summed E-state index contributed by atoms with van der Waals surface area (Å²) in [7, 11) is 0. The maximum Gasteiger partial charge on any atom is 0.0900 e. The van der Waals surface area contributed by atoms with E-state index in [4.69, 9.17) is 16.3 Å². The van der Waals surface area contributed by atoms with Crippen molar-refractivity contribution in [1.82, 2.24) is 15.1 Å². The van der Waals surface area contributed by atoms with Gasteiger partial charge in [0.05, 0.1) is 29.6 Å². The molecule has 0 saturated heterocycles. The molecular weight excluding hydrogens is 250 g/mol. The van der Waals surface area contributed by atoms with Crippen molar-refractivity contribution in [3.05, 3.63) is 16.4 Å². The van der Waals surface area contributed by atoms with E-state index < -0.39 is 0 Å². The molecule has 0 fully saturated rings. The largest absolute Gasteiger partial charge is 0.374 e. The van der Waals surface area contributed by atoms with Crippen LogP contribution >= 0.6 is 11.6 Å². The lowest BCUT2D eigenvalue weighted by Gasteiger charge is -2.07. The number of hydrogen-bond acceptors (Lipinski definition) is 3. The summed E-state index contributed by atoms with van der Waals surface area (Å²) in [6, 6.07) is 0. The molecule has 1 aromatic heterocycles. The van der Waals surface area contributed by atoms with Crippen molar-refractivity contribution in [3.63, 3.8) is 0 Å². The van der Waals surface area contributed by atoms with Crippen molar-refractivity contribution in [3.8, 4) is 0 Å². The molecule has 0 bridgehead atoms. The monoisotopic (exact) mass is 273 g/mol. The molecule has 0 saturated carbocycles. The predicted octanol–water partition coefficient (Wildman–Crippen LogP) is 2.64. The Morgan fingerprint density at radius 3 is 2.67 bits per heavy atom. The quantitative estimate of drug-likeness (QED) is 0.703. The van der Waals surface area contributed by atoms with E-state index in [1.54, 1.807) is 0 Å². The molecule has 0 aliphatic carbocycles. The van der Waals surface area contributed by atoms with Gasteiger partial charge in [-0.1, -0.05) is 25.4 Å². The Balaban J connectivity index is 2.43. The summed E-state index contributed by atoms with van der Waals surface area (Å²) in [6.07, 6.45) is 2.01. The highest BCUT2D eigenvalue weighted by molar-refractivity contribution is 6.31. The van der Waals surface area contributed by atoms with Gasteiger partial charge in [0.15, 0.2) is 0 Å². The van der Waals surface area contributed by atoms with E-state index in [0.717, 1.165) is 48.9 Å². The molecule has 0 radical (unpaired) electrons. The number of rotatable bonds is 9. The van der Waals surface area contributed by atoms with Crippen LogP contribution in [0, 0.1) is 0 Å². The zero-order valence-electron chi connectivity index (χ0n) is 11.6. The van der Waals surface area contributed by atoms with Gasteiger partial charge in [0, 0.05) is 13.1 Å². The zero-order valence-corrected chi connectivity index (χ0v) is 12.4. The summed E-state index contributed by atoms with van der Waals surface area (Å²) < 4.78 is 7.57. The first-order chi connectivity index (χ1) is 8.74. The molecule has 0 spiro atoms. The smallest absolute Gasteiger partial charge is 0.0900 e. The molecule has 1 rings (SSSR count). The molecular formula is C13H24ClN3O. The standard InChI is InChI=1S/C13H24ClN3O/c1-4-7-15-8-9-18-10-12-13(14)11(5-2)16-17(12)6-3/h15H,4-10H2,1-3H3. The lowest BCUT2D eigenvalue weighted by atomic mass is 10.3. The second kappa shape index (κ2) is 8.51. The van der Waals surface area contributed by atoms with Crippen LogP contribution < -0.4 is 5.32 Å². The van der Waals surface area contributed by atoms with Gasteiger partial charge in [0.25, 0.3) is 0 Å². The molecule has 1 heterocycles. The molecule has 0 atom stereocenters. The molecule has 0 aliphatic rings. The summed E-state index contributed by atoms with van der Waals surface area (Å²) >= 11 is 6.29. The summed E-state index contributed by atoms with van der Waals surface area (Å²) in [6.45, 7) is 10.3. The molecule has 18 heavy (non-hydrogen) atoms. The summed E-state index contributed by atoms with van der Waals surface area (Å²) in [4.78, 5) is 0. The fourth-order valence-corrected chi connectivity index (χ4v) is 2.09. The van der Waals surface area contributed by atoms with Gasteiger partial charge in [-0.25, -0.2) is 0 Å². The number of aryl methyl sites for hydroxylation is 2. The normalized spacial score (nSPS) is 11.1. The molecule has 4 nitrogen and oxygen atoms in total. The van der Waals surface area contributed by atoms with Crippen LogP contribution in [0.2, 0.25) is 5.02 Å². The molecule has 0 amide bonds. The average Bonchev–Trinajstić information content (AvgIpc) is 2.70. The van der Waals surface area contributed by atoms with Crippen LogP contribution in [0.3, 0.4) is 0 Å². The van der Waals surface area contributed by atoms with Crippen molar-refractivity contribution in [2.45, 2.75) is 46.8 Å². The Hall–Kier alpha value is -0.580. The maximum atomic E-state index is 6.29. The van der Waals surface area contributed by atoms with E-state index in [1.807, 2.05) is 4.68 Å². The predicted molar refractivity (Wildman–Crippen MR) is 75.1 cm³/mol. The SMILES string of the molecule is CCCNCCOCc1c(Cl)c(CC)nn1CC. The lowest BCUT2D eigenvalue weighted by molar-refractivity contribution is 0.117. The van der Waals surface area contributed by atoms with Crippen molar-refractivity contribution in [2.75, 3.05) is 19.7 Å². The molecule has 5 heteroatoms. The second-order valence-corrected chi connectivity index (χ2v) is 4.56. The zero-order chi connectivity index (χ0) is 13.4. The van der Waals surface area contributed by atoms with Gasteiger partial charge < -0.3 is 10.1 Å². The molecule has 1 N–H and O–H groups in total. The lowest BCUT2D eigenvalue weighted by Crippen LogP contribution is -2.20. The van der Waals surface area contributed by atoms with Gasteiger partial charge in [-0.05, 0) is 26.3 Å². The number of aromatic nitrogens is 2. The summed E-state index contributed by atoms with van der Waals surface area (Å²) in [5.41, 5.74) is 1.95. The number of nitrogens with one attached hydrogen (secondary N) is 1. The van der Waals surface area contributed by atoms with Gasteiger partial charge in [-0.2, -0.15) is 5.10 Å². The minimum absolute atomic E-state index is 0.535. The Kier molecular flexibility index (Phi) is 7.32. The highest BCUT2D eigenvalue weighted by atomic mass is 35.5. The highest BCUT2D eigenvalue weighted by Gasteiger charge is 2.13. The molecule has 104 valence electrons. The van der Waals surface area contributed by atoms with E-state index in [2.05, 4.69) is 31.2 Å². The van der Waals surface area contributed by atoms with E-state index in [0.29, 0.717) is 13.2 Å². The Morgan fingerprint density at radius 2 is 2.06 bits per heavy atom. The van der Waals surface area contributed by atoms with Crippen LogP contribution in [0.1, 0.15) is 38.6 Å². The van der Waals surface area contributed by atoms with Gasteiger partial charge in [-0.3, -0.25) is 4.68 Å². The fraction of sp³-hybridized carbons (Fsp3) is 0.769. The Bertz CT molecular complexity index is 352. The number of ether oxygens (including phenoxy) is 1. The van der Waals surface area contributed by atoms with Gasteiger partial charge in [0.2, 0.25) is 0 Å². The minimum Gasteiger partial charge on any atom is -0.374 e. The molecule has 1 aromatic rings. The van der Waals surface area contributed by atoms with Crippen molar-refractivity contribution < 1.29 is 4.74 Å². The third-order valence-corrected chi connectivity index (χ3v) is 3.22. The number of halogens is 1. The first-order valence-electron chi connectivity index (χ1n) is 6.77. The fourth-order valence-electron chi connectivity index (χ4n) is 1.77. The first-order valence-corrected chi connectivity index (χ1v) is 7.14. The number of hydrogen-bond donors (Lipinski definition) is 1. The summed E-state index contributed by atoms with van der Waals surface area (Å²) in [5.74, 6) is 0. The maximum absolute atomic E-state index is 6.29. The topological polar surface area (TPSA) is 39.1 Å². The van der Waals surface area contributed by atoms with Crippen LogP contribution in [0.25, 0.3) is 0 Å². The molecule has 0 unspecified atom stereocenters. The Morgan fingerprint density at radius 1 is 1.28 bits per heavy atom. The number of nitrogens with zero attached hydrogens (tertiary/aromatic N) is 2. The van der Waals surface area contributed by atoms with E-state index in [9.17, 15) is 0 Å². The minimum atomic E-state index is 0.535. The van der Waals surface area contributed by atoms with E-state index in [1.165, 1.54) is 0 Å². The third kappa shape index (κ3) is 4.26. The first kappa shape index (κ1) is 15.5. The average molecular weight is 274 g/mol. The van der Waals surface area contributed by atoms with Crippen LogP contribution in [0.15, 0.2) is 0 Å². The van der Waals surface area contributed by atoms with E-state index >= 15 is 0 Å². The Labute approximate surface area is 115 Å². The van der Waals surface area contributed by atoms with Crippen LogP contribution in [-0.2, 0) is 24.3 Å². The van der Waals surface area contributed by atoms with Gasteiger partial charge in [-0.15, -0.1) is 0 Å². The van der Waals surface area contributed by atoms with E-state index in [-0.39, 0.29) is 0 Å². The van der Waals surface area contributed by atoms with Crippen LogP contribution in [-0.4, -0.2) is 29.5 Å². The molecule has 0 aliphatic heterocycles. The van der Waals surface area contributed by atoms with Crippen molar-refractivity contribution in [1.29, 1.82) is 0 Å². The molecule has 0 aromatic carbocycles. The van der Waals surface area contributed by atoms with Crippen molar-refractivity contribution >= 4 is 11.6 Å². The van der Waals surface area contributed by atoms with Crippen LogP contribution in [0.4, 0.5) is 0 Å². The van der Waals surface area contributed by atoms with Crippen molar-refractivity contribution in [2.24, 2.45) is 0 Å². The van der Waals surface area contributed by atoms with Gasteiger partial charge in [0.1, 0.15) is 0 Å². The van der Waals surface area contributed by atoms with Crippen LogP contribution in [0.5, 0.6) is 0 Å². The summed E-state index contributed by atoms with van der Waals surface area (Å²) in [5, 5.41) is 8.53. The van der Waals surface area contributed by atoms with Gasteiger partial charge >= 0.3 is 0 Å². The second-order valence-electron chi connectivity index (χ2n) is 4.18.